The number of carbonyl (C=O) groups is 2. The SMILES string of the molecule is COC(=O)C1Cc2cc(Br)ccc2C(=O)O1. The van der Waals surface area contributed by atoms with Gasteiger partial charge in [-0.3, -0.25) is 0 Å². The van der Waals surface area contributed by atoms with E-state index in [-0.39, 0.29) is 0 Å². The molecule has 1 unspecified atom stereocenters. The highest BCUT2D eigenvalue weighted by molar-refractivity contribution is 9.10. The van der Waals surface area contributed by atoms with Crippen LogP contribution in [0.15, 0.2) is 22.7 Å². The Labute approximate surface area is 101 Å². The van der Waals surface area contributed by atoms with Crippen LogP contribution >= 0.6 is 15.9 Å². The number of halogens is 1. The van der Waals surface area contributed by atoms with E-state index in [1.807, 2.05) is 6.07 Å². The molecule has 0 N–H and O–H groups in total. The van der Waals surface area contributed by atoms with E-state index >= 15 is 0 Å². The number of methoxy groups -OCH3 is 1. The Kier molecular flexibility index (Phi) is 2.96. The molecule has 4 nitrogen and oxygen atoms in total. The van der Waals surface area contributed by atoms with Gasteiger partial charge in [-0.1, -0.05) is 15.9 Å². The lowest BCUT2D eigenvalue weighted by Gasteiger charge is -2.22. The maximum Gasteiger partial charge on any atom is 0.347 e. The summed E-state index contributed by atoms with van der Waals surface area (Å²) >= 11 is 3.32. The van der Waals surface area contributed by atoms with E-state index < -0.39 is 18.0 Å². The molecule has 0 spiro atoms. The van der Waals surface area contributed by atoms with E-state index in [0.717, 1.165) is 10.0 Å². The van der Waals surface area contributed by atoms with Gasteiger partial charge in [0.05, 0.1) is 12.7 Å². The van der Waals surface area contributed by atoms with E-state index in [9.17, 15) is 9.59 Å². The smallest absolute Gasteiger partial charge is 0.347 e. The lowest BCUT2D eigenvalue weighted by atomic mass is 9.99. The first kappa shape index (κ1) is 11.1. The highest BCUT2D eigenvalue weighted by Gasteiger charge is 2.31. The third-order valence-electron chi connectivity index (χ3n) is 2.41. The molecule has 0 aromatic heterocycles. The van der Waals surface area contributed by atoms with Gasteiger partial charge in [0.15, 0.2) is 0 Å². The Bertz CT molecular complexity index is 455. The summed E-state index contributed by atoms with van der Waals surface area (Å²) in [5, 5.41) is 0. The van der Waals surface area contributed by atoms with Crippen LogP contribution in [0.3, 0.4) is 0 Å². The molecule has 0 bridgehead atoms. The fourth-order valence-electron chi connectivity index (χ4n) is 1.63. The lowest BCUT2D eigenvalue weighted by Crippen LogP contribution is -2.35. The Balaban J connectivity index is 2.34. The van der Waals surface area contributed by atoms with Gasteiger partial charge in [-0.25, -0.2) is 9.59 Å². The van der Waals surface area contributed by atoms with E-state index in [2.05, 4.69) is 20.7 Å². The van der Waals surface area contributed by atoms with Gasteiger partial charge in [0.2, 0.25) is 6.10 Å². The van der Waals surface area contributed by atoms with Gasteiger partial charge in [-0.05, 0) is 23.8 Å². The van der Waals surface area contributed by atoms with Gasteiger partial charge in [-0.2, -0.15) is 0 Å². The molecule has 1 atom stereocenters. The van der Waals surface area contributed by atoms with Crippen molar-refractivity contribution in [2.75, 3.05) is 7.11 Å². The summed E-state index contributed by atoms with van der Waals surface area (Å²) in [7, 11) is 1.27. The van der Waals surface area contributed by atoms with E-state index in [0.29, 0.717) is 12.0 Å². The average molecular weight is 285 g/mol. The zero-order valence-electron chi connectivity index (χ0n) is 8.53. The van der Waals surface area contributed by atoms with E-state index in [1.54, 1.807) is 12.1 Å². The van der Waals surface area contributed by atoms with E-state index in [4.69, 9.17) is 4.74 Å². The van der Waals surface area contributed by atoms with Gasteiger partial charge in [0.1, 0.15) is 0 Å². The van der Waals surface area contributed by atoms with Crippen LogP contribution in [-0.2, 0) is 20.7 Å². The second-order valence-electron chi connectivity index (χ2n) is 3.42. The number of benzene rings is 1. The minimum absolute atomic E-state index is 0.354. The molecule has 1 aliphatic rings. The maximum atomic E-state index is 11.6. The van der Waals surface area contributed by atoms with Crippen LogP contribution in [0.5, 0.6) is 0 Å². The highest BCUT2D eigenvalue weighted by atomic mass is 79.9. The third-order valence-corrected chi connectivity index (χ3v) is 2.90. The number of rotatable bonds is 1. The maximum absolute atomic E-state index is 11.6. The third kappa shape index (κ3) is 1.95. The lowest BCUT2D eigenvalue weighted by molar-refractivity contribution is -0.151. The van der Waals surface area contributed by atoms with Crippen molar-refractivity contribution in [3.8, 4) is 0 Å². The number of hydrogen-bond acceptors (Lipinski definition) is 4. The van der Waals surface area contributed by atoms with Gasteiger partial charge in [0, 0.05) is 10.9 Å². The quantitative estimate of drug-likeness (QED) is 0.737. The van der Waals surface area contributed by atoms with Crippen LogP contribution in [0.25, 0.3) is 0 Å². The molecule has 1 aromatic rings. The first-order chi connectivity index (χ1) is 7.61. The van der Waals surface area contributed by atoms with Crippen molar-refractivity contribution in [2.45, 2.75) is 12.5 Å². The molecule has 2 rings (SSSR count). The minimum atomic E-state index is -0.834. The van der Waals surface area contributed by atoms with Gasteiger partial charge < -0.3 is 9.47 Å². The normalized spacial score (nSPS) is 18.6. The fraction of sp³-hybridized carbons (Fsp3) is 0.273. The monoisotopic (exact) mass is 284 g/mol. The second kappa shape index (κ2) is 4.25. The van der Waals surface area contributed by atoms with Crippen LogP contribution in [0.1, 0.15) is 15.9 Å². The standard InChI is InChI=1S/C11H9BrO4/c1-15-11(14)9-5-6-4-7(12)2-3-8(6)10(13)16-9/h2-4,9H,5H2,1H3. The summed E-state index contributed by atoms with van der Waals surface area (Å²) in [5.74, 6) is -1.01. The molecule has 1 aromatic carbocycles. The summed E-state index contributed by atoms with van der Waals surface area (Å²) < 4.78 is 10.4. The van der Waals surface area contributed by atoms with Gasteiger partial charge >= 0.3 is 11.9 Å². The zero-order chi connectivity index (χ0) is 11.7. The van der Waals surface area contributed by atoms with Crippen molar-refractivity contribution in [1.29, 1.82) is 0 Å². The predicted molar refractivity (Wildman–Crippen MR) is 59.1 cm³/mol. The molecule has 0 saturated carbocycles. The molecule has 0 fully saturated rings. The van der Waals surface area contributed by atoms with Crippen molar-refractivity contribution < 1.29 is 19.1 Å². The van der Waals surface area contributed by atoms with E-state index in [1.165, 1.54) is 7.11 Å². The molecule has 0 saturated heterocycles. The number of carbonyl (C=O) groups excluding carboxylic acids is 2. The number of cyclic esters (lactones) is 1. The Hall–Kier alpha value is -1.36. The summed E-state index contributed by atoms with van der Waals surface area (Å²) in [4.78, 5) is 22.9. The molecular weight excluding hydrogens is 276 g/mol. The Morgan fingerprint density at radius 1 is 1.56 bits per heavy atom. The average Bonchev–Trinajstić information content (AvgIpc) is 2.27. The molecule has 0 aliphatic carbocycles. The zero-order valence-corrected chi connectivity index (χ0v) is 10.1. The summed E-state index contributed by atoms with van der Waals surface area (Å²) in [6.07, 6.45) is -0.480. The topological polar surface area (TPSA) is 52.6 Å². The molecule has 16 heavy (non-hydrogen) atoms. The molecule has 0 amide bonds. The molecule has 0 radical (unpaired) electrons. The predicted octanol–water partition coefficient (Wildman–Crippen LogP) is 1.70. The van der Waals surface area contributed by atoms with Crippen molar-refractivity contribution in [2.24, 2.45) is 0 Å². The van der Waals surface area contributed by atoms with Crippen molar-refractivity contribution >= 4 is 27.9 Å². The Morgan fingerprint density at radius 2 is 2.31 bits per heavy atom. The molecule has 1 heterocycles. The highest BCUT2D eigenvalue weighted by Crippen LogP contribution is 2.24. The van der Waals surface area contributed by atoms with Crippen LogP contribution in [0, 0.1) is 0 Å². The van der Waals surface area contributed by atoms with Crippen molar-refractivity contribution in [1.82, 2.24) is 0 Å². The molecule has 5 heteroatoms. The number of ether oxygens (including phenoxy) is 2. The fourth-order valence-corrected chi connectivity index (χ4v) is 2.04. The van der Waals surface area contributed by atoms with Crippen molar-refractivity contribution in [3.63, 3.8) is 0 Å². The van der Waals surface area contributed by atoms with Crippen molar-refractivity contribution in [3.05, 3.63) is 33.8 Å². The van der Waals surface area contributed by atoms with Crippen LogP contribution in [0.4, 0.5) is 0 Å². The van der Waals surface area contributed by atoms with Crippen LogP contribution in [0.2, 0.25) is 0 Å². The van der Waals surface area contributed by atoms with Crippen LogP contribution in [-0.4, -0.2) is 25.2 Å². The molecule has 84 valence electrons. The first-order valence-corrected chi connectivity index (χ1v) is 5.48. The Morgan fingerprint density at radius 3 is 3.00 bits per heavy atom. The van der Waals surface area contributed by atoms with Gasteiger partial charge in [-0.15, -0.1) is 0 Å². The summed E-state index contributed by atoms with van der Waals surface area (Å²) in [6, 6.07) is 5.25. The largest absolute Gasteiger partial charge is 0.466 e. The summed E-state index contributed by atoms with van der Waals surface area (Å²) in [6.45, 7) is 0. The second-order valence-corrected chi connectivity index (χ2v) is 4.34. The molecular formula is C11H9BrO4. The number of esters is 2. The minimum Gasteiger partial charge on any atom is -0.466 e. The summed E-state index contributed by atoms with van der Waals surface area (Å²) in [5.41, 5.74) is 1.30. The van der Waals surface area contributed by atoms with Crippen LogP contribution < -0.4 is 0 Å². The number of hydrogen-bond donors (Lipinski definition) is 0. The number of fused-ring (bicyclic) bond motifs is 1. The van der Waals surface area contributed by atoms with Gasteiger partial charge in [0.25, 0.3) is 0 Å². The first-order valence-electron chi connectivity index (χ1n) is 4.69. The molecule has 1 aliphatic heterocycles.